The molecule has 5 heteroatoms. The molecule has 0 fully saturated rings. The number of benzene rings is 3. The number of hydrogen-bond acceptors (Lipinski definition) is 5. The van der Waals surface area contributed by atoms with Gasteiger partial charge in [-0.1, -0.05) is 12.1 Å². The summed E-state index contributed by atoms with van der Waals surface area (Å²) in [5.74, 6) is 0.142. The Labute approximate surface area is 169 Å². The van der Waals surface area contributed by atoms with Gasteiger partial charge < -0.3 is 14.6 Å². The van der Waals surface area contributed by atoms with Crippen molar-refractivity contribution in [3.8, 4) is 11.5 Å². The molecule has 0 amide bonds. The minimum absolute atomic E-state index is 0.0856. The van der Waals surface area contributed by atoms with Crippen molar-refractivity contribution < 1.29 is 24.2 Å². The first-order valence-corrected chi connectivity index (χ1v) is 9.24. The van der Waals surface area contributed by atoms with Gasteiger partial charge in [0.25, 0.3) is 0 Å². The maximum Gasteiger partial charge on any atom is 0.333 e. The second-order valence-corrected chi connectivity index (χ2v) is 6.54. The summed E-state index contributed by atoms with van der Waals surface area (Å²) in [6, 6.07) is 15.3. The van der Waals surface area contributed by atoms with Crippen molar-refractivity contribution in [2.24, 2.45) is 0 Å². The Morgan fingerprint density at radius 2 is 1.76 bits per heavy atom. The van der Waals surface area contributed by atoms with Crippen molar-refractivity contribution in [2.75, 3.05) is 13.7 Å². The number of carbonyl (C=O) groups excluding carboxylic acids is 2. The van der Waals surface area contributed by atoms with Crippen LogP contribution in [-0.2, 0) is 9.53 Å². The Bertz CT molecular complexity index is 1090. The summed E-state index contributed by atoms with van der Waals surface area (Å²) in [6.07, 6.45) is 1.66. The summed E-state index contributed by atoms with van der Waals surface area (Å²) in [4.78, 5) is 25.4. The van der Waals surface area contributed by atoms with Gasteiger partial charge in [-0.15, -0.1) is 0 Å². The number of rotatable bonds is 6. The number of ketones is 1. The van der Waals surface area contributed by atoms with E-state index < -0.39 is 5.97 Å². The van der Waals surface area contributed by atoms with Crippen LogP contribution < -0.4 is 4.74 Å². The molecule has 0 spiro atoms. The molecule has 5 nitrogen and oxygen atoms in total. The van der Waals surface area contributed by atoms with E-state index in [1.165, 1.54) is 12.1 Å². The Hall–Kier alpha value is -3.60. The van der Waals surface area contributed by atoms with Crippen LogP contribution in [0.1, 0.15) is 35.3 Å². The molecule has 0 unspecified atom stereocenters. The maximum atomic E-state index is 13.4. The van der Waals surface area contributed by atoms with Gasteiger partial charge in [0, 0.05) is 16.7 Å². The molecule has 1 N–H and O–H groups in total. The van der Waals surface area contributed by atoms with Crippen LogP contribution in [0.2, 0.25) is 0 Å². The van der Waals surface area contributed by atoms with Gasteiger partial charge in [0.15, 0.2) is 5.78 Å². The molecule has 0 radical (unpaired) electrons. The summed E-state index contributed by atoms with van der Waals surface area (Å²) < 4.78 is 10.3. The third kappa shape index (κ3) is 4.29. The van der Waals surface area contributed by atoms with Gasteiger partial charge in [0.2, 0.25) is 0 Å². The lowest BCUT2D eigenvalue weighted by Crippen LogP contribution is -2.07. The van der Waals surface area contributed by atoms with Gasteiger partial charge in [-0.3, -0.25) is 4.79 Å². The van der Waals surface area contributed by atoms with Crippen LogP contribution in [0.3, 0.4) is 0 Å². The average Bonchev–Trinajstić information content (AvgIpc) is 2.73. The van der Waals surface area contributed by atoms with Gasteiger partial charge in [0.05, 0.1) is 13.7 Å². The number of fused-ring (bicyclic) bond motifs is 1. The molecule has 0 aliphatic rings. The van der Waals surface area contributed by atoms with Gasteiger partial charge in [-0.2, -0.15) is 0 Å². The second kappa shape index (κ2) is 8.61. The van der Waals surface area contributed by atoms with Crippen LogP contribution in [0.15, 0.2) is 60.2 Å². The molecule has 0 aliphatic heterocycles. The van der Waals surface area contributed by atoms with E-state index in [2.05, 4.69) is 0 Å². The third-order valence-corrected chi connectivity index (χ3v) is 4.59. The van der Waals surface area contributed by atoms with Gasteiger partial charge >= 0.3 is 5.97 Å². The number of hydrogen-bond donors (Lipinski definition) is 1. The first kappa shape index (κ1) is 20.1. The molecule has 29 heavy (non-hydrogen) atoms. The second-order valence-electron chi connectivity index (χ2n) is 6.54. The van der Waals surface area contributed by atoms with E-state index in [1.54, 1.807) is 51.3 Å². The van der Waals surface area contributed by atoms with Crippen LogP contribution in [0.4, 0.5) is 0 Å². The summed E-state index contributed by atoms with van der Waals surface area (Å²) in [5.41, 5.74) is 1.93. The number of phenolic OH excluding ortho intramolecular Hbond substituents is 1. The highest BCUT2D eigenvalue weighted by molar-refractivity contribution is 6.19. The van der Waals surface area contributed by atoms with E-state index in [-0.39, 0.29) is 18.1 Å². The molecule has 0 saturated heterocycles. The zero-order chi connectivity index (χ0) is 21.0. The smallest absolute Gasteiger partial charge is 0.333 e. The highest BCUT2D eigenvalue weighted by Gasteiger charge is 2.18. The van der Waals surface area contributed by atoms with Crippen molar-refractivity contribution in [2.45, 2.75) is 13.8 Å². The van der Waals surface area contributed by atoms with Crippen LogP contribution in [-0.4, -0.2) is 30.6 Å². The average molecular weight is 390 g/mol. The predicted octanol–water partition coefficient (Wildman–Crippen LogP) is 4.75. The number of esters is 1. The molecule has 0 saturated carbocycles. The maximum absolute atomic E-state index is 13.4. The zero-order valence-electron chi connectivity index (χ0n) is 16.6. The quantitative estimate of drug-likeness (QED) is 0.373. The van der Waals surface area contributed by atoms with Crippen molar-refractivity contribution in [1.29, 1.82) is 0 Å². The Morgan fingerprint density at radius 1 is 1.03 bits per heavy atom. The largest absolute Gasteiger partial charge is 0.508 e. The fraction of sp³-hybridized carbons (Fsp3) is 0.167. The monoisotopic (exact) mass is 390 g/mol. The van der Waals surface area contributed by atoms with Gasteiger partial charge in [-0.25, -0.2) is 4.79 Å². The Balaban J connectivity index is 2.21. The molecule has 0 heterocycles. The zero-order valence-corrected chi connectivity index (χ0v) is 16.6. The van der Waals surface area contributed by atoms with Gasteiger partial charge in [0.1, 0.15) is 11.5 Å². The minimum Gasteiger partial charge on any atom is -0.508 e. The topological polar surface area (TPSA) is 72.8 Å². The Morgan fingerprint density at radius 3 is 2.41 bits per heavy atom. The molecule has 0 aliphatic carbocycles. The molecule has 3 aromatic carbocycles. The van der Waals surface area contributed by atoms with E-state index in [4.69, 9.17) is 9.47 Å². The summed E-state index contributed by atoms with van der Waals surface area (Å²) in [5, 5.41) is 11.1. The number of carbonyl (C=O) groups is 2. The molecule has 3 aromatic rings. The number of ether oxygens (including phenoxy) is 2. The van der Waals surface area contributed by atoms with Crippen molar-refractivity contribution in [3.05, 3.63) is 76.9 Å². The van der Waals surface area contributed by atoms with E-state index in [0.717, 1.165) is 10.8 Å². The van der Waals surface area contributed by atoms with Crippen LogP contribution >= 0.6 is 0 Å². The fourth-order valence-corrected chi connectivity index (χ4v) is 3.12. The van der Waals surface area contributed by atoms with Crippen molar-refractivity contribution in [3.63, 3.8) is 0 Å². The van der Waals surface area contributed by atoms with Crippen molar-refractivity contribution >= 4 is 28.6 Å². The minimum atomic E-state index is -0.426. The predicted molar refractivity (Wildman–Crippen MR) is 112 cm³/mol. The highest BCUT2D eigenvalue weighted by atomic mass is 16.5. The van der Waals surface area contributed by atoms with Crippen LogP contribution in [0.5, 0.6) is 11.5 Å². The first-order chi connectivity index (χ1) is 13.9. The third-order valence-electron chi connectivity index (χ3n) is 4.59. The highest BCUT2D eigenvalue weighted by Crippen LogP contribution is 2.30. The van der Waals surface area contributed by atoms with E-state index in [1.807, 2.05) is 18.2 Å². The number of aromatic hydroxyl groups is 1. The lowest BCUT2D eigenvalue weighted by Gasteiger charge is -2.12. The lowest BCUT2D eigenvalue weighted by molar-refractivity contribution is -0.138. The molecule has 0 atom stereocenters. The molecule has 148 valence electrons. The lowest BCUT2D eigenvalue weighted by atomic mass is 9.91. The Kier molecular flexibility index (Phi) is 5.98. The number of methoxy groups -OCH3 is 1. The van der Waals surface area contributed by atoms with E-state index in [0.29, 0.717) is 28.0 Å². The van der Waals surface area contributed by atoms with Crippen LogP contribution in [0, 0.1) is 0 Å². The normalized spacial score (nSPS) is 11.3. The van der Waals surface area contributed by atoms with E-state index in [9.17, 15) is 14.7 Å². The number of phenols is 1. The van der Waals surface area contributed by atoms with Crippen molar-refractivity contribution in [1.82, 2.24) is 0 Å². The molecule has 0 bridgehead atoms. The summed E-state index contributed by atoms with van der Waals surface area (Å²) in [6.45, 7) is 3.68. The summed E-state index contributed by atoms with van der Waals surface area (Å²) >= 11 is 0. The molecule has 0 aromatic heterocycles. The summed E-state index contributed by atoms with van der Waals surface area (Å²) in [7, 11) is 1.59. The van der Waals surface area contributed by atoms with Gasteiger partial charge in [-0.05, 0) is 78.7 Å². The SMILES string of the molecule is CCOC(=O)/C(C)=C/c1ccc2cc(OC)ccc2c1C(=O)c1ccc(O)cc1. The first-order valence-electron chi connectivity index (χ1n) is 9.24. The van der Waals surface area contributed by atoms with E-state index >= 15 is 0 Å². The standard InChI is InChI=1S/C24H22O5/c1-4-29-24(27)15(2)13-18-6-5-17-14-20(28-3)11-12-21(17)22(18)23(26)16-7-9-19(25)10-8-16/h5-14,25H,4H2,1-3H3/b15-13+. The molecular formula is C24H22O5. The molecular weight excluding hydrogens is 368 g/mol. The fourth-order valence-electron chi connectivity index (χ4n) is 3.12. The molecule has 3 rings (SSSR count). The van der Waals surface area contributed by atoms with Crippen LogP contribution in [0.25, 0.3) is 16.8 Å².